The number of hydrogen-bond donors (Lipinski definition) is 0. The summed E-state index contributed by atoms with van der Waals surface area (Å²) in [5.74, 6) is -0.667. The van der Waals surface area contributed by atoms with Gasteiger partial charge in [0.05, 0.1) is 6.61 Å². The van der Waals surface area contributed by atoms with Crippen LogP contribution in [0.1, 0.15) is 24.7 Å². The number of hydrogen-bond acceptors (Lipinski definition) is 6. The van der Waals surface area contributed by atoms with Gasteiger partial charge in [0, 0.05) is 12.8 Å². The van der Waals surface area contributed by atoms with Crippen molar-refractivity contribution in [1.82, 2.24) is 10.3 Å². The second kappa shape index (κ2) is 3.70. The number of esters is 1. The molecule has 1 saturated heterocycles. The van der Waals surface area contributed by atoms with Crippen LogP contribution in [0, 0.1) is 12.3 Å². The molecule has 1 unspecified atom stereocenters. The molecule has 0 bridgehead atoms. The van der Waals surface area contributed by atoms with Gasteiger partial charge in [0.25, 0.3) is 0 Å². The Kier molecular flexibility index (Phi) is 2.49. The first-order chi connectivity index (χ1) is 7.56. The molecule has 1 aromatic rings. The number of carbonyl (C=O) groups excluding carboxylic acids is 2. The van der Waals surface area contributed by atoms with E-state index in [2.05, 4.69) is 14.9 Å². The number of nitrogens with zero attached hydrogens (tertiary/aromatic N) is 2. The van der Waals surface area contributed by atoms with Crippen molar-refractivity contribution in [2.75, 3.05) is 6.61 Å². The van der Waals surface area contributed by atoms with Gasteiger partial charge in [-0.1, -0.05) is 10.3 Å². The number of aromatic nitrogens is 2. The van der Waals surface area contributed by atoms with Crippen molar-refractivity contribution < 1.29 is 19.0 Å². The summed E-state index contributed by atoms with van der Waals surface area (Å²) in [6, 6.07) is 0. The molecule has 1 atom stereocenters. The first kappa shape index (κ1) is 10.8. The summed E-state index contributed by atoms with van der Waals surface area (Å²) in [7, 11) is 0. The first-order valence-corrected chi connectivity index (χ1v) is 5.02. The normalized spacial score (nSPS) is 24.5. The molecule has 1 aliphatic rings. The standard InChI is InChI=1S/C10H12N2O4/c1-6-8(12-16-11-6)5-10(7(2)13)3-4-15-9(10)14/h3-5H2,1-2H3. The number of aryl methyl sites for hydroxylation is 1. The minimum absolute atomic E-state index is 0.197. The Labute approximate surface area is 91.9 Å². The Morgan fingerprint density at radius 1 is 1.50 bits per heavy atom. The van der Waals surface area contributed by atoms with Gasteiger partial charge in [0.2, 0.25) is 0 Å². The monoisotopic (exact) mass is 224 g/mol. The van der Waals surface area contributed by atoms with Crippen molar-refractivity contribution in [2.45, 2.75) is 26.7 Å². The molecule has 0 radical (unpaired) electrons. The Bertz CT molecular complexity index is 440. The van der Waals surface area contributed by atoms with Crippen LogP contribution in [-0.2, 0) is 20.7 Å². The molecule has 86 valence electrons. The molecule has 0 N–H and O–H groups in total. The summed E-state index contributed by atoms with van der Waals surface area (Å²) in [5, 5.41) is 7.32. The van der Waals surface area contributed by atoms with Crippen LogP contribution in [0.25, 0.3) is 0 Å². The fraction of sp³-hybridized carbons (Fsp3) is 0.600. The third-order valence-electron chi connectivity index (χ3n) is 3.04. The summed E-state index contributed by atoms with van der Waals surface area (Å²) in [5.41, 5.74) is 0.0397. The lowest BCUT2D eigenvalue weighted by molar-refractivity contribution is -0.150. The van der Waals surface area contributed by atoms with Crippen molar-refractivity contribution in [3.8, 4) is 0 Å². The Morgan fingerprint density at radius 3 is 2.69 bits per heavy atom. The molecule has 1 fully saturated rings. The molecule has 2 heterocycles. The quantitative estimate of drug-likeness (QED) is 0.547. The largest absolute Gasteiger partial charge is 0.465 e. The number of cyclic esters (lactones) is 1. The zero-order chi connectivity index (χ0) is 11.8. The second-order valence-electron chi connectivity index (χ2n) is 4.00. The zero-order valence-electron chi connectivity index (χ0n) is 9.15. The van der Waals surface area contributed by atoms with Crippen LogP contribution in [-0.4, -0.2) is 28.7 Å². The van der Waals surface area contributed by atoms with Gasteiger partial charge in [0.1, 0.15) is 22.6 Å². The predicted octanol–water partition coefficient (Wildman–Crippen LogP) is 0.443. The predicted molar refractivity (Wildman–Crippen MR) is 51.4 cm³/mol. The van der Waals surface area contributed by atoms with Gasteiger partial charge in [-0.25, -0.2) is 4.63 Å². The van der Waals surface area contributed by atoms with E-state index >= 15 is 0 Å². The van der Waals surface area contributed by atoms with E-state index in [4.69, 9.17) is 4.74 Å². The van der Waals surface area contributed by atoms with Crippen molar-refractivity contribution in [3.05, 3.63) is 11.4 Å². The molecule has 0 amide bonds. The molecule has 1 aromatic heterocycles. The highest BCUT2D eigenvalue weighted by atomic mass is 16.6. The van der Waals surface area contributed by atoms with Gasteiger partial charge in [-0.15, -0.1) is 0 Å². The SMILES string of the molecule is CC(=O)C1(Cc2nonc2C)CCOC1=O. The number of rotatable bonds is 3. The van der Waals surface area contributed by atoms with E-state index in [-0.39, 0.29) is 18.8 Å². The minimum Gasteiger partial charge on any atom is -0.465 e. The van der Waals surface area contributed by atoms with E-state index in [1.54, 1.807) is 6.92 Å². The number of carbonyl (C=O) groups is 2. The fourth-order valence-electron chi connectivity index (χ4n) is 1.86. The summed E-state index contributed by atoms with van der Waals surface area (Å²) < 4.78 is 9.43. The van der Waals surface area contributed by atoms with Crippen LogP contribution in [0.15, 0.2) is 4.63 Å². The number of Topliss-reactive ketones (excluding diaryl/α,β-unsaturated/α-hetero) is 1. The lowest BCUT2D eigenvalue weighted by Crippen LogP contribution is -2.36. The van der Waals surface area contributed by atoms with Crippen molar-refractivity contribution in [1.29, 1.82) is 0 Å². The van der Waals surface area contributed by atoms with E-state index in [0.29, 0.717) is 17.8 Å². The van der Waals surface area contributed by atoms with E-state index in [1.165, 1.54) is 6.92 Å². The molecular formula is C10H12N2O4. The van der Waals surface area contributed by atoms with Crippen molar-refractivity contribution in [3.63, 3.8) is 0 Å². The topological polar surface area (TPSA) is 82.3 Å². The Morgan fingerprint density at radius 2 is 2.25 bits per heavy atom. The van der Waals surface area contributed by atoms with Crippen molar-refractivity contribution >= 4 is 11.8 Å². The number of ether oxygens (including phenoxy) is 1. The molecule has 6 nitrogen and oxygen atoms in total. The molecule has 16 heavy (non-hydrogen) atoms. The van der Waals surface area contributed by atoms with Gasteiger partial charge >= 0.3 is 5.97 Å². The van der Waals surface area contributed by atoms with Crippen LogP contribution < -0.4 is 0 Å². The van der Waals surface area contributed by atoms with Crippen LogP contribution in [0.2, 0.25) is 0 Å². The highest BCUT2D eigenvalue weighted by Gasteiger charge is 2.49. The Hall–Kier alpha value is -1.72. The van der Waals surface area contributed by atoms with E-state index in [1.807, 2.05) is 0 Å². The molecule has 2 rings (SSSR count). The molecule has 0 aromatic carbocycles. The molecule has 0 spiro atoms. The third-order valence-corrected chi connectivity index (χ3v) is 3.04. The maximum Gasteiger partial charge on any atom is 0.320 e. The molecule has 0 aliphatic carbocycles. The van der Waals surface area contributed by atoms with E-state index in [0.717, 1.165) is 0 Å². The van der Waals surface area contributed by atoms with Gasteiger partial charge in [-0.2, -0.15) is 0 Å². The highest BCUT2D eigenvalue weighted by Crippen LogP contribution is 2.35. The summed E-state index contributed by atoms with van der Waals surface area (Å²) in [6.07, 6.45) is 0.601. The average molecular weight is 224 g/mol. The summed E-state index contributed by atoms with van der Waals surface area (Å²) >= 11 is 0. The second-order valence-corrected chi connectivity index (χ2v) is 4.00. The van der Waals surface area contributed by atoms with Crippen LogP contribution >= 0.6 is 0 Å². The Balaban J connectivity index is 2.32. The first-order valence-electron chi connectivity index (χ1n) is 5.02. The smallest absolute Gasteiger partial charge is 0.320 e. The average Bonchev–Trinajstić information content (AvgIpc) is 2.77. The van der Waals surface area contributed by atoms with Crippen LogP contribution in [0.4, 0.5) is 0 Å². The molecular weight excluding hydrogens is 212 g/mol. The van der Waals surface area contributed by atoms with Gasteiger partial charge < -0.3 is 4.74 Å². The van der Waals surface area contributed by atoms with Gasteiger partial charge in [-0.3, -0.25) is 9.59 Å². The molecule has 1 aliphatic heterocycles. The lowest BCUT2D eigenvalue weighted by atomic mass is 9.78. The summed E-state index contributed by atoms with van der Waals surface area (Å²) in [4.78, 5) is 23.3. The molecule has 6 heteroatoms. The van der Waals surface area contributed by atoms with Crippen molar-refractivity contribution in [2.24, 2.45) is 5.41 Å². The van der Waals surface area contributed by atoms with E-state index in [9.17, 15) is 9.59 Å². The van der Waals surface area contributed by atoms with Crippen LogP contribution in [0.5, 0.6) is 0 Å². The lowest BCUT2D eigenvalue weighted by Gasteiger charge is -2.19. The minimum atomic E-state index is -1.09. The van der Waals surface area contributed by atoms with Crippen LogP contribution in [0.3, 0.4) is 0 Å². The number of ketones is 1. The zero-order valence-corrected chi connectivity index (χ0v) is 9.15. The maximum absolute atomic E-state index is 11.7. The van der Waals surface area contributed by atoms with E-state index < -0.39 is 11.4 Å². The molecule has 0 saturated carbocycles. The van der Waals surface area contributed by atoms with Gasteiger partial charge in [-0.05, 0) is 13.8 Å². The third kappa shape index (κ3) is 1.50. The fourth-order valence-corrected chi connectivity index (χ4v) is 1.86. The highest BCUT2D eigenvalue weighted by molar-refractivity contribution is 6.03. The van der Waals surface area contributed by atoms with Gasteiger partial charge in [0.15, 0.2) is 0 Å². The summed E-state index contributed by atoms with van der Waals surface area (Å²) in [6.45, 7) is 3.40. The maximum atomic E-state index is 11.7.